The van der Waals surface area contributed by atoms with Gasteiger partial charge in [0.25, 0.3) is 0 Å². The molecule has 0 aromatic heterocycles. The zero-order valence-corrected chi connectivity index (χ0v) is 15.4. The van der Waals surface area contributed by atoms with Gasteiger partial charge in [0.2, 0.25) is 0 Å². The van der Waals surface area contributed by atoms with E-state index in [1.54, 1.807) is 7.11 Å². The Labute approximate surface area is 137 Å². The first kappa shape index (κ1) is 18.6. The molecule has 0 saturated heterocycles. The molecule has 4 heteroatoms. The lowest BCUT2D eigenvalue weighted by Crippen LogP contribution is -2.24. The molecule has 0 fully saturated rings. The van der Waals surface area contributed by atoms with Crippen LogP contribution in [-0.2, 0) is 22.6 Å². The number of hydrogen-bond donors (Lipinski definition) is 1. The summed E-state index contributed by atoms with van der Waals surface area (Å²) in [6.45, 7) is 10.7. The minimum atomic E-state index is -0.121. The summed E-state index contributed by atoms with van der Waals surface area (Å²) in [5.74, 6) is 0. The van der Waals surface area contributed by atoms with E-state index < -0.39 is 0 Å². The molecular formula is C17H28BrNO2. The second-order valence-corrected chi connectivity index (χ2v) is 7.08. The van der Waals surface area contributed by atoms with Crippen LogP contribution in [0.4, 0.5) is 0 Å². The summed E-state index contributed by atoms with van der Waals surface area (Å²) in [7, 11) is 1.74. The van der Waals surface area contributed by atoms with Gasteiger partial charge < -0.3 is 14.8 Å². The molecule has 0 aliphatic heterocycles. The highest BCUT2D eigenvalue weighted by atomic mass is 79.9. The van der Waals surface area contributed by atoms with Gasteiger partial charge in [-0.25, -0.2) is 0 Å². The van der Waals surface area contributed by atoms with E-state index in [-0.39, 0.29) is 5.60 Å². The number of hydrogen-bond acceptors (Lipinski definition) is 3. The molecule has 120 valence electrons. The van der Waals surface area contributed by atoms with Crippen molar-refractivity contribution in [2.75, 3.05) is 13.7 Å². The normalized spacial score (nSPS) is 12.1. The molecule has 0 bridgehead atoms. The van der Waals surface area contributed by atoms with Crippen LogP contribution in [0.3, 0.4) is 0 Å². The summed E-state index contributed by atoms with van der Waals surface area (Å²) in [6, 6.07) is 6.93. The van der Waals surface area contributed by atoms with Crippen LogP contribution in [0.5, 0.6) is 0 Å². The maximum atomic E-state index is 5.75. The van der Waals surface area contributed by atoms with Gasteiger partial charge in [-0.15, -0.1) is 0 Å². The summed E-state index contributed by atoms with van der Waals surface area (Å²) in [5.41, 5.74) is 2.34. The quantitative estimate of drug-likeness (QED) is 0.669. The van der Waals surface area contributed by atoms with Gasteiger partial charge in [-0.3, -0.25) is 0 Å². The SMILES string of the molecule is COC(C)(C)CCOCc1ccc(CNC(C)C)cc1Br. The lowest BCUT2D eigenvalue weighted by Gasteiger charge is -2.22. The average molecular weight is 358 g/mol. The smallest absolute Gasteiger partial charge is 0.0727 e. The van der Waals surface area contributed by atoms with Gasteiger partial charge in [-0.2, -0.15) is 0 Å². The molecule has 0 aliphatic carbocycles. The number of nitrogens with one attached hydrogen (secondary N) is 1. The van der Waals surface area contributed by atoms with Crippen molar-refractivity contribution in [1.82, 2.24) is 5.32 Å². The second-order valence-electron chi connectivity index (χ2n) is 6.23. The van der Waals surface area contributed by atoms with Crippen LogP contribution in [0, 0.1) is 0 Å². The number of halogens is 1. The molecule has 21 heavy (non-hydrogen) atoms. The van der Waals surface area contributed by atoms with Gasteiger partial charge in [0, 0.05) is 30.8 Å². The molecule has 0 spiro atoms. The van der Waals surface area contributed by atoms with Crippen LogP contribution in [0.25, 0.3) is 0 Å². The first-order valence-electron chi connectivity index (χ1n) is 7.47. The highest BCUT2D eigenvalue weighted by molar-refractivity contribution is 9.10. The van der Waals surface area contributed by atoms with E-state index in [4.69, 9.17) is 9.47 Å². The van der Waals surface area contributed by atoms with Crippen LogP contribution in [0.2, 0.25) is 0 Å². The van der Waals surface area contributed by atoms with Crippen LogP contribution in [0.1, 0.15) is 45.2 Å². The maximum Gasteiger partial charge on any atom is 0.0727 e. The Hall–Kier alpha value is -0.420. The minimum absolute atomic E-state index is 0.121. The van der Waals surface area contributed by atoms with E-state index >= 15 is 0 Å². The van der Waals surface area contributed by atoms with Gasteiger partial charge in [-0.05, 0) is 37.5 Å². The summed E-state index contributed by atoms with van der Waals surface area (Å²) < 4.78 is 12.2. The van der Waals surface area contributed by atoms with Crippen molar-refractivity contribution in [2.45, 2.75) is 58.9 Å². The van der Waals surface area contributed by atoms with E-state index in [0.717, 1.165) is 17.4 Å². The number of benzene rings is 1. The van der Waals surface area contributed by atoms with Crippen molar-refractivity contribution in [1.29, 1.82) is 0 Å². The molecule has 3 nitrogen and oxygen atoms in total. The van der Waals surface area contributed by atoms with Crippen molar-refractivity contribution in [3.63, 3.8) is 0 Å². The molecule has 0 heterocycles. The van der Waals surface area contributed by atoms with E-state index in [2.05, 4.69) is 67.1 Å². The fraction of sp³-hybridized carbons (Fsp3) is 0.647. The zero-order valence-electron chi connectivity index (χ0n) is 13.8. The third-order valence-corrected chi connectivity index (χ3v) is 4.23. The monoisotopic (exact) mass is 357 g/mol. The molecule has 1 rings (SSSR count). The van der Waals surface area contributed by atoms with Crippen LogP contribution in [0.15, 0.2) is 22.7 Å². The van der Waals surface area contributed by atoms with Gasteiger partial charge in [0.1, 0.15) is 0 Å². The van der Waals surface area contributed by atoms with Crippen molar-refractivity contribution >= 4 is 15.9 Å². The van der Waals surface area contributed by atoms with E-state index in [1.165, 1.54) is 11.1 Å². The van der Waals surface area contributed by atoms with Crippen molar-refractivity contribution in [2.24, 2.45) is 0 Å². The molecule has 0 atom stereocenters. The predicted molar refractivity (Wildman–Crippen MR) is 91.5 cm³/mol. The molecule has 0 radical (unpaired) electrons. The number of rotatable bonds is 9. The third kappa shape index (κ3) is 7.41. The highest BCUT2D eigenvalue weighted by Gasteiger charge is 2.15. The topological polar surface area (TPSA) is 30.5 Å². The van der Waals surface area contributed by atoms with E-state index in [1.807, 2.05) is 0 Å². The molecule has 1 aromatic carbocycles. The molecule has 1 N–H and O–H groups in total. The maximum absolute atomic E-state index is 5.75. The van der Waals surface area contributed by atoms with Gasteiger partial charge in [0.15, 0.2) is 0 Å². The minimum Gasteiger partial charge on any atom is -0.379 e. The molecule has 0 aliphatic rings. The number of ether oxygens (including phenoxy) is 2. The largest absolute Gasteiger partial charge is 0.379 e. The summed E-state index contributed by atoms with van der Waals surface area (Å²) >= 11 is 3.63. The molecular weight excluding hydrogens is 330 g/mol. The van der Waals surface area contributed by atoms with Crippen LogP contribution < -0.4 is 5.32 Å². The van der Waals surface area contributed by atoms with Gasteiger partial charge in [-0.1, -0.05) is 41.9 Å². The Morgan fingerprint density at radius 3 is 2.57 bits per heavy atom. The first-order chi connectivity index (χ1) is 9.84. The Kier molecular flexibility index (Phi) is 7.88. The fourth-order valence-corrected chi connectivity index (χ4v) is 2.28. The van der Waals surface area contributed by atoms with E-state index in [0.29, 0.717) is 19.3 Å². The molecule has 0 amide bonds. The zero-order chi connectivity index (χ0) is 15.9. The first-order valence-corrected chi connectivity index (χ1v) is 8.27. The van der Waals surface area contributed by atoms with Crippen molar-refractivity contribution < 1.29 is 9.47 Å². The summed E-state index contributed by atoms with van der Waals surface area (Å²) in [5, 5.41) is 3.42. The Balaban J connectivity index is 2.42. The number of methoxy groups -OCH3 is 1. The fourth-order valence-electron chi connectivity index (χ4n) is 1.74. The average Bonchev–Trinajstić information content (AvgIpc) is 2.43. The van der Waals surface area contributed by atoms with Crippen molar-refractivity contribution in [3.8, 4) is 0 Å². The molecule has 1 aromatic rings. The van der Waals surface area contributed by atoms with E-state index in [9.17, 15) is 0 Å². The summed E-state index contributed by atoms with van der Waals surface area (Å²) in [4.78, 5) is 0. The Bertz CT molecular complexity index is 433. The summed E-state index contributed by atoms with van der Waals surface area (Å²) in [6.07, 6.45) is 0.886. The van der Waals surface area contributed by atoms with Crippen LogP contribution in [-0.4, -0.2) is 25.4 Å². The van der Waals surface area contributed by atoms with Gasteiger partial charge >= 0.3 is 0 Å². The second kappa shape index (κ2) is 8.89. The van der Waals surface area contributed by atoms with Gasteiger partial charge in [0.05, 0.1) is 12.2 Å². The molecule has 0 saturated carbocycles. The lowest BCUT2D eigenvalue weighted by molar-refractivity contribution is -0.0125. The Morgan fingerprint density at radius 2 is 2.00 bits per heavy atom. The van der Waals surface area contributed by atoms with Crippen LogP contribution >= 0.6 is 15.9 Å². The molecule has 0 unspecified atom stereocenters. The third-order valence-electron chi connectivity index (χ3n) is 3.49. The Morgan fingerprint density at radius 1 is 1.29 bits per heavy atom. The predicted octanol–water partition coefficient (Wildman–Crippen LogP) is 4.28. The lowest BCUT2D eigenvalue weighted by atomic mass is 10.1. The highest BCUT2D eigenvalue weighted by Crippen LogP contribution is 2.20. The standard InChI is InChI=1S/C17H28BrNO2/c1-13(2)19-11-14-6-7-15(16(18)10-14)12-21-9-8-17(3,4)20-5/h6-7,10,13,19H,8-9,11-12H2,1-5H3. The van der Waals surface area contributed by atoms with Crippen molar-refractivity contribution in [3.05, 3.63) is 33.8 Å².